The molecule has 1 N–H and O–H groups in total. The fraction of sp³-hybridized carbons (Fsp3) is 0.357. The second-order valence-electron chi connectivity index (χ2n) is 3.84. The Morgan fingerprint density at radius 2 is 2.12 bits per heavy atom. The molecule has 0 radical (unpaired) electrons. The number of carbonyl (C=O) groups excluding carboxylic acids is 1. The number of esters is 1. The van der Waals surface area contributed by atoms with E-state index in [-0.39, 0.29) is 12.0 Å². The molecule has 0 aliphatic carbocycles. The van der Waals surface area contributed by atoms with Crippen molar-refractivity contribution in [1.29, 1.82) is 0 Å². The molecule has 0 aromatic heterocycles. The van der Waals surface area contributed by atoms with Gasteiger partial charge in [0.2, 0.25) is 0 Å². The molecule has 0 saturated carbocycles. The molecule has 92 valence electrons. The lowest BCUT2D eigenvalue weighted by atomic mass is 9.98. The summed E-state index contributed by atoms with van der Waals surface area (Å²) >= 11 is 0. The maximum Gasteiger partial charge on any atom is 0.335 e. The van der Waals surface area contributed by atoms with Crippen molar-refractivity contribution in [2.45, 2.75) is 25.6 Å². The van der Waals surface area contributed by atoms with Crippen molar-refractivity contribution >= 4 is 5.97 Å². The third kappa shape index (κ3) is 4.04. The Kier molecular flexibility index (Phi) is 5.43. The molecule has 0 unspecified atom stereocenters. The van der Waals surface area contributed by atoms with E-state index in [0.717, 1.165) is 0 Å². The van der Waals surface area contributed by atoms with E-state index in [9.17, 15) is 9.90 Å². The Morgan fingerprint density at radius 1 is 1.41 bits per heavy atom. The molecular weight excluding hydrogens is 216 g/mol. The van der Waals surface area contributed by atoms with Crippen LogP contribution in [-0.4, -0.2) is 23.3 Å². The van der Waals surface area contributed by atoms with Crippen molar-refractivity contribution in [3.8, 4) is 0 Å². The summed E-state index contributed by atoms with van der Waals surface area (Å²) < 4.78 is 5.11. The summed E-state index contributed by atoms with van der Waals surface area (Å²) in [4.78, 5) is 11.1. The SMILES string of the molecule is C=C/C=C\[C@@H](/C=C/C=C\C)[C@@H]1C[C@@H](O)C(=O)O1. The highest BCUT2D eigenvalue weighted by Gasteiger charge is 2.35. The van der Waals surface area contributed by atoms with E-state index in [1.54, 1.807) is 6.08 Å². The molecule has 1 fully saturated rings. The van der Waals surface area contributed by atoms with Crippen molar-refractivity contribution in [3.63, 3.8) is 0 Å². The van der Waals surface area contributed by atoms with Gasteiger partial charge in [-0.15, -0.1) is 0 Å². The number of allylic oxidation sites excluding steroid dienone is 5. The summed E-state index contributed by atoms with van der Waals surface area (Å²) in [5.41, 5.74) is 0. The number of hydrogen-bond donors (Lipinski definition) is 1. The zero-order valence-corrected chi connectivity index (χ0v) is 9.95. The molecule has 0 spiro atoms. The Labute approximate surface area is 102 Å². The third-order valence-corrected chi connectivity index (χ3v) is 2.53. The van der Waals surface area contributed by atoms with E-state index in [2.05, 4.69) is 6.58 Å². The molecule has 1 heterocycles. The quantitative estimate of drug-likeness (QED) is 0.585. The van der Waals surface area contributed by atoms with Crippen LogP contribution < -0.4 is 0 Å². The van der Waals surface area contributed by atoms with Gasteiger partial charge >= 0.3 is 5.97 Å². The predicted octanol–water partition coefficient (Wildman–Crippen LogP) is 2.15. The van der Waals surface area contributed by atoms with Gasteiger partial charge in [0.25, 0.3) is 0 Å². The van der Waals surface area contributed by atoms with E-state index in [1.165, 1.54) is 0 Å². The predicted molar refractivity (Wildman–Crippen MR) is 67.3 cm³/mol. The van der Waals surface area contributed by atoms with Crippen molar-refractivity contribution in [3.05, 3.63) is 49.1 Å². The standard InChI is InChI=1S/C14H18O3/c1-3-5-7-9-11(8-6-4-2)13-10-12(15)14(16)17-13/h3-9,11-13,15H,2,10H2,1H3/b5-3-,8-6-,9-7+/t11-,12+,13-/m0/s1. The largest absolute Gasteiger partial charge is 0.459 e. The van der Waals surface area contributed by atoms with Gasteiger partial charge in [-0.25, -0.2) is 4.79 Å². The Bertz CT molecular complexity index is 352. The van der Waals surface area contributed by atoms with Crippen LogP contribution in [0.15, 0.2) is 49.1 Å². The number of cyclic esters (lactones) is 1. The van der Waals surface area contributed by atoms with Crippen LogP contribution >= 0.6 is 0 Å². The van der Waals surface area contributed by atoms with Gasteiger partial charge in [-0.3, -0.25) is 0 Å². The first kappa shape index (κ1) is 13.5. The third-order valence-electron chi connectivity index (χ3n) is 2.53. The molecule has 0 aromatic rings. The Balaban J connectivity index is 2.72. The minimum Gasteiger partial charge on any atom is -0.459 e. The molecule has 3 atom stereocenters. The van der Waals surface area contributed by atoms with Crippen molar-refractivity contribution in [2.75, 3.05) is 0 Å². The zero-order chi connectivity index (χ0) is 12.7. The molecule has 1 aliphatic rings. The lowest BCUT2D eigenvalue weighted by Gasteiger charge is -2.14. The van der Waals surface area contributed by atoms with Gasteiger partial charge in [0.05, 0.1) is 0 Å². The summed E-state index contributed by atoms with van der Waals surface area (Å²) in [6.45, 7) is 5.53. The van der Waals surface area contributed by atoms with Crippen LogP contribution in [0.25, 0.3) is 0 Å². The fourth-order valence-electron chi connectivity index (χ4n) is 1.65. The van der Waals surface area contributed by atoms with Crippen LogP contribution in [0, 0.1) is 5.92 Å². The summed E-state index contributed by atoms with van der Waals surface area (Å²) in [6, 6.07) is 0. The maximum absolute atomic E-state index is 11.1. The number of ether oxygens (including phenoxy) is 1. The number of aliphatic hydroxyl groups is 1. The highest BCUT2D eigenvalue weighted by molar-refractivity contribution is 5.76. The van der Waals surface area contributed by atoms with Crippen LogP contribution in [0.2, 0.25) is 0 Å². The van der Waals surface area contributed by atoms with Gasteiger partial charge in [0, 0.05) is 12.3 Å². The summed E-state index contributed by atoms with van der Waals surface area (Å²) in [6.07, 6.45) is 12.1. The van der Waals surface area contributed by atoms with Gasteiger partial charge in [0.15, 0.2) is 6.10 Å². The van der Waals surface area contributed by atoms with E-state index in [0.29, 0.717) is 6.42 Å². The fourth-order valence-corrected chi connectivity index (χ4v) is 1.65. The summed E-state index contributed by atoms with van der Waals surface area (Å²) in [5.74, 6) is -0.572. The number of carbonyl (C=O) groups is 1. The lowest BCUT2D eigenvalue weighted by molar-refractivity contribution is -0.147. The maximum atomic E-state index is 11.1. The summed E-state index contributed by atoms with van der Waals surface area (Å²) in [5, 5.41) is 9.36. The van der Waals surface area contributed by atoms with Crippen LogP contribution in [0.1, 0.15) is 13.3 Å². The average Bonchev–Trinajstić information content (AvgIpc) is 2.64. The molecule has 1 aliphatic heterocycles. The van der Waals surface area contributed by atoms with Gasteiger partial charge in [-0.05, 0) is 6.92 Å². The van der Waals surface area contributed by atoms with Crippen LogP contribution in [0.5, 0.6) is 0 Å². The van der Waals surface area contributed by atoms with E-state index < -0.39 is 12.1 Å². The van der Waals surface area contributed by atoms with E-state index in [4.69, 9.17) is 4.74 Å². The minimum absolute atomic E-state index is 0.0368. The normalized spacial score (nSPS) is 27.1. The lowest BCUT2D eigenvalue weighted by Crippen LogP contribution is -2.16. The second kappa shape index (κ2) is 6.86. The number of hydrogen-bond acceptors (Lipinski definition) is 3. The van der Waals surface area contributed by atoms with Crippen molar-refractivity contribution in [1.82, 2.24) is 0 Å². The Hall–Kier alpha value is -1.61. The number of aliphatic hydroxyl groups excluding tert-OH is 1. The first-order chi connectivity index (χ1) is 8.19. The van der Waals surface area contributed by atoms with E-state index in [1.807, 2.05) is 43.4 Å². The second-order valence-corrected chi connectivity index (χ2v) is 3.84. The molecule has 0 amide bonds. The van der Waals surface area contributed by atoms with Crippen LogP contribution in [0.4, 0.5) is 0 Å². The molecule has 17 heavy (non-hydrogen) atoms. The summed E-state index contributed by atoms with van der Waals surface area (Å²) in [7, 11) is 0. The number of rotatable bonds is 5. The molecular formula is C14H18O3. The zero-order valence-electron chi connectivity index (χ0n) is 9.95. The molecule has 1 saturated heterocycles. The molecule has 3 heteroatoms. The van der Waals surface area contributed by atoms with Crippen molar-refractivity contribution in [2.24, 2.45) is 5.92 Å². The average molecular weight is 234 g/mol. The highest BCUT2D eigenvalue weighted by atomic mass is 16.6. The van der Waals surface area contributed by atoms with Crippen LogP contribution in [-0.2, 0) is 9.53 Å². The first-order valence-corrected chi connectivity index (χ1v) is 5.66. The van der Waals surface area contributed by atoms with Gasteiger partial charge in [-0.1, -0.05) is 49.1 Å². The molecule has 0 aromatic carbocycles. The van der Waals surface area contributed by atoms with E-state index >= 15 is 0 Å². The monoisotopic (exact) mass is 234 g/mol. The smallest absolute Gasteiger partial charge is 0.335 e. The van der Waals surface area contributed by atoms with Gasteiger partial charge in [0.1, 0.15) is 6.10 Å². The molecule has 3 nitrogen and oxygen atoms in total. The van der Waals surface area contributed by atoms with Gasteiger partial charge < -0.3 is 9.84 Å². The van der Waals surface area contributed by atoms with Crippen molar-refractivity contribution < 1.29 is 14.6 Å². The van der Waals surface area contributed by atoms with Gasteiger partial charge in [-0.2, -0.15) is 0 Å². The van der Waals surface area contributed by atoms with Crippen LogP contribution in [0.3, 0.4) is 0 Å². The minimum atomic E-state index is -0.991. The molecule has 0 bridgehead atoms. The first-order valence-electron chi connectivity index (χ1n) is 5.66. The Morgan fingerprint density at radius 3 is 2.65 bits per heavy atom. The topological polar surface area (TPSA) is 46.5 Å². The highest BCUT2D eigenvalue weighted by Crippen LogP contribution is 2.24. The molecule has 1 rings (SSSR count).